The van der Waals surface area contributed by atoms with E-state index >= 15 is 0 Å². The number of aryl methyl sites for hydroxylation is 1. The molecule has 3 rings (SSSR count). The average Bonchev–Trinajstić information content (AvgIpc) is 2.87. The molecule has 140 valence electrons. The lowest BCUT2D eigenvalue weighted by Gasteiger charge is -2.13. The van der Waals surface area contributed by atoms with Crippen molar-refractivity contribution in [3.63, 3.8) is 0 Å². The van der Waals surface area contributed by atoms with Crippen LogP contribution in [0.1, 0.15) is 30.0 Å². The number of hydrogen-bond donors (Lipinski definition) is 2. The van der Waals surface area contributed by atoms with Crippen LogP contribution in [0.15, 0.2) is 55.7 Å². The van der Waals surface area contributed by atoms with Crippen LogP contribution in [0.25, 0.3) is 0 Å². The SMILES string of the molecule is CCOC(=O)C1=C(C)Nc2ccccc2N=C1NC(=O)c1oc(Br)cc1C. The van der Waals surface area contributed by atoms with Crippen molar-refractivity contribution < 1.29 is 18.7 Å². The molecular formula is C19H18BrN3O4. The summed E-state index contributed by atoms with van der Waals surface area (Å²) in [5.41, 5.74) is 2.65. The number of nitrogens with zero attached hydrogens (tertiary/aromatic N) is 1. The summed E-state index contributed by atoms with van der Waals surface area (Å²) in [6.07, 6.45) is 0. The first kappa shape index (κ1) is 18.9. The number of anilines is 1. The highest BCUT2D eigenvalue weighted by molar-refractivity contribution is 9.10. The van der Waals surface area contributed by atoms with Gasteiger partial charge in [0.2, 0.25) is 0 Å². The molecule has 1 aromatic heterocycles. The summed E-state index contributed by atoms with van der Waals surface area (Å²) in [6.45, 7) is 5.40. The van der Waals surface area contributed by atoms with Crippen LogP contribution >= 0.6 is 15.9 Å². The van der Waals surface area contributed by atoms with Crippen molar-refractivity contribution in [2.45, 2.75) is 20.8 Å². The summed E-state index contributed by atoms with van der Waals surface area (Å²) in [4.78, 5) is 29.7. The van der Waals surface area contributed by atoms with Crippen molar-refractivity contribution >= 4 is 45.0 Å². The normalized spacial score (nSPS) is 13.3. The largest absolute Gasteiger partial charge is 0.462 e. The van der Waals surface area contributed by atoms with Crippen LogP contribution in [0, 0.1) is 6.92 Å². The van der Waals surface area contributed by atoms with E-state index < -0.39 is 11.9 Å². The van der Waals surface area contributed by atoms with E-state index in [0.717, 1.165) is 5.69 Å². The number of ether oxygens (including phenoxy) is 1. The zero-order valence-electron chi connectivity index (χ0n) is 15.1. The molecule has 0 bridgehead atoms. The number of halogens is 1. The summed E-state index contributed by atoms with van der Waals surface area (Å²) in [5.74, 6) is -0.853. The van der Waals surface area contributed by atoms with E-state index in [1.807, 2.05) is 18.2 Å². The van der Waals surface area contributed by atoms with E-state index in [-0.39, 0.29) is 23.8 Å². The molecule has 1 aliphatic heterocycles. The number of furan rings is 1. The Bertz CT molecular complexity index is 975. The van der Waals surface area contributed by atoms with Crippen molar-refractivity contribution in [1.82, 2.24) is 5.32 Å². The van der Waals surface area contributed by atoms with Gasteiger partial charge >= 0.3 is 5.97 Å². The quantitative estimate of drug-likeness (QED) is 0.714. The van der Waals surface area contributed by atoms with Crippen molar-refractivity contribution in [3.05, 3.63) is 57.6 Å². The number of nitrogens with one attached hydrogen (secondary N) is 2. The van der Waals surface area contributed by atoms with Crippen LogP contribution < -0.4 is 10.6 Å². The van der Waals surface area contributed by atoms with Crippen LogP contribution in [0.3, 0.4) is 0 Å². The molecule has 0 aliphatic carbocycles. The topological polar surface area (TPSA) is 92.9 Å². The molecular weight excluding hydrogens is 414 g/mol. The van der Waals surface area contributed by atoms with Gasteiger partial charge in [0.15, 0.2) is 10.4 Å². The maximum absolute atomic E-state index is 12.7. The van der Waals surface area contributed by atoms with E-state index in [0.29, 0.717) is 21.6 Å². The van der Waals surface area contributed by atoms with Gasteiger partial charge in [0.05, 0.1) is 18.0 Å². The van der Waals surface area contributed by atoms with E-state index in [1.54, 1.807) is 32.9 Å². The molecule has 2 N–H and O–H groups in total. The average molecular weight is 432 g/mol. The predicted molar refractivity (Wildman–Crippen MR) is 105 cm³/mol. The van der Waals surface area contributed by atoms with Crippen LogP contribution in [0.4, 0.5) is 11.4 Å². The van der Waals surface area contributed by atoms with Crippen LogP contribution in [0.2, 0.25) is 0 Å². The molecule has 0 fully saturated rings. The molecule has 7 nitrogen and oxygen atoms in total. The lowest BCUT2D eigenvalue weighted by Crippen LogP contribution is -2.35. The fraction of sp³-hybridized carbons (Fsp3) is 0.211. The number of carbonyl (C=O) groups is 2. The number of rotatable bonds is 3. The minimum absolute atomic E-state index is 0.0975. The predicted octanol–water partition coefficient (Wildman–Crippen LogP) is 4.07. The molecule has 0 atom stereocenters. The van der Waals surface area contributed by atoms with E-state index in [1.165, 1.54) is 0 Å². The minimum Gasteiger partial charge on any atom is -0.462 e. The van der Waals surface area contributed by atoms with E-state index in [9.17, 15) is 9.59 Å². The van der Waals surface area contributed by atoms with Crippen molar-refractivity contribution in [2.24, 2.45) is 4.99 Å². The minimum atomic E-state index is -0.577. The second-order valence-corrected chi connectivity index (χ2v) is 6.62. The summed E-state index contributed by atoms with van der Waals surface area (Å²) < 4.78 is 11.0. The Morgan fingerprint density at radius 1 is 1.30 bits per heavy atom. The first-order valence-corrected chi connectivity index (χ1v) is 9.10. The number of para-hydroxylation sites is 2. The fourth-order valence-corrected chi connectivity index (χ4v) is 3.18. The Hall–Kier alpha value is -2.87. The smallest absolute Gasteiger partial charge is 0.343 e. The highest BCUT2D eigenvalue weighted by Crippen LogP contribution is 2.30. The zero-order chi connectivity index (χ0) is 19.6. The molecule has 0 saturated carbocycles. The number of benzene rings is 1. The molecule has 2 aromatic rings. The van der Waals surface area contributed by atoms with E-state index in [2.05, 4.69) is 31.6 Å². The van der Waals surface area contributed by atoms with Crippen molar-refractivity contribution in [2.75, 3.05) is 11.9 Å². The highest BCUT2D eigenvalue weighted by atomic mass is 79.9. The lowest BCUT2D eigenvalue weighted by molar-refractivity contribution is -0.137. The van der Waals surface area contributed by atoms with Gasteiger partial charge in [-0.1, -0.05) is 12.1 Å². The van der Waals surface area contributed by atoms with Crippen molar-refractivity contribution in [3.8, 4) is 0 Å². The maximum Gasteiger partial charge on any atom is 0.343 e. The Morgan fingerprint density at radius 2 is 2.04 bits per heavy atom. The van der Waals surface area contributed by atoms with Gasteiger partial charge in [-0.3, -0.25) is 4.79 Å². The van der Waals surface area contributed by atoms with E-state index in [4.69, 9.17) is 9.15 Å². The number of esters is 1. The molecule has 0 saturated heterocycles. The van der Waals surface area contributed by atoms with Gasteiger partial charge in [-0.05, 0) is 54.9 Å². The molecule has 8 heteroatoms. The first-order valence-electron chi connectivity index (χ1n) is 8.31. The van der Waals surface area contributed by atoms with Crippen LogP contribution in [-0.2, 0) is 9.53 Å². The molecule has 1 aliphatic rings. The van der Waals surface area contributed by atoms with Gasteiger partial charge < -0.3 is 19.8 Å². The van der Waals surface area contributed by atoms with Gasteiger partial charge in [0.25, 0.3) is 5.91 Å². The lowest BCUT2D eigenvalue weighted by atomic mass is 10.1. The van der Waals surface area contributed by atoms with Gasteiger partial charge in [0.1, 0.15) is 11.4 Å². The number of carbonyl (C=O) groups excluding carboxylic acids is 2. The fourth-order valence-electron chi connectivity index (χ4n) is 2.67. The number of amidine groups is 1. The molecule has 27 heavy (non-hydrogen) atoms. The molecule has 0 radical (unpaired) electrons. The Labute approximate surface area is 164 Å². The van der Waals surface area contributed by atoms with Gasteiger partial charge in [-0.25, -0.2) is 9.79 Å². The standard InChI is InChI=1S/C19H18BrN3O4/c1-4-26-19(25)15-11(3)21-12-7-5-6-8-13(12)22-17(15)23-18(24)16-10(2)9-14(20)27-16/h5-9,21H,4H2,1-3H3,(H,22,23,24). The molecule has 2 heterocycles. The molecule has 1 amide bonds. The van der Waals surface area contributed by atoms with Gasteiger partial charge in [-0.15, -0.1) is 0 Å². The van der Waals surface area contributed by atoms with Crippen LogP contribution in [0.5, 0.6) is 0 Å². The monoisotopic (exact) mass is 431 g/mol. The Morgan fingerprint density at radius 3 is 2.70 bits per heavy atom. The summed E-state index contributed by atoms with van der Waals surface area (Å²) in [6, 6.07) is 8.98. The third kappa shape index (κ3) is 3.95. The van der Waals surface area contributed by atoms with Gasteiger partial charge in [0, 0.05) is 11.3 Å². The van der Waals surface area contributed by atoms with Gasteiger partial charge in [-0.2, -0.15) is 0 Å². The second-order valence-electron chi connectivity index (χ2n) is 5.84. The first-order chi connectivity index (χ1) is 12.9. The van der Waals surface area contributed by atoms with Crippen molar-refractivity contribution in [1.29, 1.82) is 0 Å². The highest BCUT2D eigenvalue weighted by Gasteiger charge is 2.27. The number of fused-ring (bicyclic) bond motifs is 1. The molecule has 0 spiro atoms. The maximum atomic E-state index is 12.7. The summed E-state index contributed by atoms with van der Waals surface area (Å²) in [7, 11) is 0. The second kappa shape index (κ2) is 7.79. The summed E-state index contributed by atoms with van der Waals surface area (Å²) in [5, 5.41) is 5.84. The third-order valence-electron chi connectivity index (χ3n) is 3.88. The molecule has 1 aromatic carbocycles. The zero-order valence-corrected chi connectivity index (χ0v) is 16.6. The number of hydrogen-bond acceptors (Lipinski definition) is 6. The number of amides is 1. The number of allylic oxidation sites excluding steroid dienone is 1. The Kier molecular flexibility index (Phi) is 5.46. The summed E-state index contributed by atoms with van der Waals surface area (Å²) >= 11 is 3.21. The Balaban J connectivity index is 2.05. The number of aliphatic imine (C=N–C) groups is 1. The third-order valence-corrected chi connectivity index (χ3v) is 4.27. The molecule has 0 unspecified atom stereocenters. The van der Waals surface area contributed by atoms with Crippen LogP contribution in [-0.4, -0.2) is 24.3 Å².